The van der Waals surface area contributed by atoms with Crippen LogP contribution < -0.4 is 0 Å². The molecule has 3 heteroatoms. The summed E-state index contributed by atoms with van der Waals surface area (Å²) in [5, 5.41) is 0. The quantitative estimate of drug-likeness (QED) is 0.648. The van der Waals surface area contributed by atoms with Crippen molar-refractivity contribution in [3.63, 3.8) is 0 Å². The summed E-state index contributed by atoms with van der Waals surface area (Å²) in [6.07, 6.45) is 5.29. The Labute approximate surface area is 84.8 Å². The minimum atomic E-state index is -0.100. The summed E-state index contributed by atoms with van der Waals surface area (Å²) in [6, 6.07) is 0. The third kappa shape index (κ3) is 1.92. The number of ether oxygens (including phenoxy) is 2. The van der Waals surface area contributed by atoms with Crippen molar-refractivity contribution in [3.8, 4) is 0 Å². The molecule has 0 radical (unpaired) electrons. The fourth-order valence-electron chi connectivity index (χ4n) is 2.36. The van der Waals surface area contributed by atoms with Crippen LogP contribution >= 0.6 is 0 Å². The van der Waals surface area contributed by atoms with Crippen molar-refractivity contribution in [2.45, 2.75) is 32.1 Å². The number of esters is 1. The molecule has 0 spiro atoms. The lowest BCUT2D eigenvalue weighted by Gasteiger charge is -2.25. The highest BCUT2D eigenvalue weighted by atomic mass is 16.5. The molecule has 0 bridgehead atoms. The van der Waals surface area contributed by atoms with Gasteiger partial charge in [0.1, 0.15) is 0 Å². The molecule has 0 atom stereocenters. The zero-order valence-corrected chi connectivity index (χ0v) is 8.75. The van der Waals surface area contributed by atoms with Crippen LogP contribution in [0.3, 0.4) is 0 Å². The summed E-state index contributed by atoms with van der Waals surface area (Å²) in [5.74, 6) is 0.675. The monoisotopic (exact) mass is 198 g/mol. The lowest BCUT2D eigenvalue weighted by atomic mass is 9.87. The highest BCUT2D eigenvalue weighted by molar-refractivity contribution is 5.79. The third-order valence-corrected chi connectivity index (χ3v) is 3.49. The number of carbonyl (C=O) groups excluding carboxylic acids is 1. The van der Waals surface area contributed by atoms with E-state index in [0.717, 1.165) is 45.3 Å². The Balaban J connectivity index is 1.86. The summed E-state index contributed by atoms with van der Waals surface area (Å²) < 4.78 is 10.2. The van der Waals surface area contributed by atoms with Crippen LogP contribution in [-0.4, -0.2) is 26.3 Å². The molecule has 0 amide bonds. The maximum absolute atomic E-state index is 11.5. The van der Waals surface area contributed by atoms with Gasteiger partial charge in [0.05, 0.1) is 12.5 Å². The van der Waals surface area contributed by atoms with E-state index in [-0.39, 0.29) is 11.4 Å². The maximum atomic E-state index is 11.5. The molecule has 2 aliphatic rings. The summed E-state index contributed by atoms with van der Waals surface area (Å²) in [4.78, 5) is 11.5. The molecule has 2 rings (SSSR count). The molecule has 1 aliphatic heterocycles. The molecule has 14 heavy (non-hydrogen) atoms. The predicted molar refractivity (Wildman–Crippen MR) is 51.8 cm³/mol. The minimum Gasteiger partial charge on any atom is -0.469 e. The second-order valence-corrected chi connectivity index (χ2v) is 4.53. The van der Waals surface area contributed by atoms with E-state index >= 15 is 0 Å². The van der Waals surface area contributed by atoms with E-state index in [0.29, 0.717) is 5.92 Å². The van der Waals surface area contributed by atoms with Crippen molar-refractivity contribution in [2.24, 2.45) is 11.3 Å². The Kier molecular flexibility index (Phi) is 2.77. The van der Waals surface area contributed by atoms with Gasteiger partial charge in [-0.2, -0.15) is 0 Å². The number of rotatable bonds is 3. The van der Waals surface area contributed by atoms with Gasteiger partial charge in [-0.05, 0) is 38.0 Å². The zero-order chi connectivity index (χ0) is 10.0. The van der Waals surface area contributed by atoms with E-state index in [1.165, 1.54) is 7.11 Å². The molecule has 0 N–H and O–H groups in total. The molecule has 0 aromatic carbocycles. The van der Waals surface area contributed by atoms with Gasteiger partial charge in [0.15, 0.2) is 0 Å². The minimum absolute atomic E-state index is 0.00370. The summed E-state index contributed by atoms with van der Waals surface area (Å²) >= 11 is 0. The Hall–Kier alpha value is -0.570. The smallest absolute Gasteiger partial charge is 0.311 e. The molecule has 1 aliphatic carbocycles. The third-order valence-electron chi connectivity index (χ3n) is 3.49. The van der Waals surface area contributed by atoms with Gasteiger partial charge in [0.25, 0.3) is 0 Å². The van der Waals surface area contributed by atoms with Gasteiger partial charge in [-0.25, -0.2) is 0 Å². The Morgan fingerprint density at radius 1 is 1.43 bits per heavy atom. The topological polar surface area (TPSA) is 35.5 Å². The van der Waals surface area contributed by atoms with Crippen LogP contribution in [0.2, 0.25) is 0 Å². The average Bonchev–Trinajstić information content (AvgIpc) is 2.99. The van der Waals surface area contributed by atoms with E-state index in [2.05, 4.69) is 0 Å². The molecule has 1 saturated carbocycles. The normalized spacial score (nSPS) is 25.8. The first-order chi connectivity index (χ1) is 6.77. The largest absolute Gasteiger partial charge is 0.469 e. The summed E-state index contributed by atoms with van der Waals surface area (Å²) in [5.41, 5.74) is -0.100. The first kappa shape index (κ1) is 9.97. The number of hydrogen-bond acceptors (Lipinski definition) is 3. The van der Waals surface area contributed by atoms with Crippen molar-refractivity contribution in [3.05, 3.63) is 0 Å². The highest BCUT2D eigenvalue weighted by Crippen LogP contribution is 2.52. The Bertz CT molecular complexity index is 215. The molecule has 1 heterocycles. The highest BCUT2D eigenvalue weighted by Gasteiger charge is 2.51. The number of methoxy groups -OCH3 is 1. The van der Waals surface area contributed by atoms with Gasteiger partial charge in [0.2, 0.25) is 0 Å². The summed E-state index contributed by atoms with van der Waals surface area (Å²) in [6.45, 7) is 1.73. The molecule has 0 unspecified atom stereocenters. The standard InChI is InChI=1S/C11H18O3/c1-13-10(12)11(4-5-11)8-9-2-6-14-7-3-9/h9H,2-8H2,1H3. The van der Waals surface area contributed by atoms with Crippen molar-refractivity contribution < 1.29 is 14.3 Å². The first-order valence-electron chi connectivity index (χ1n) is 5.43. The van der Waals surface area contributed by atoms with Crippen LogP contribution in [-0.2, 0) is 14.3 Å². The molecule has 80 valence electrons. The first-order valence-corrected chi connectivity index (χ1v) is 5.43. The van der Waals surface area contributed by atoms with Crippen LogP contribution in [0.15, 0.2) is 0 Å². The SMILES string of the molecule is COC(=O)C1(CC2CCOCC2)CC1. The number of hydrogen-bond donors (Lipinski definition) is 0. The zero-order valence-electron chi connectivity index (χ0n) is 8.75. The Morgan fingerprint density at radius 3 is 2.57 bits per heavy atom. The molecule has 3 nitrogen and oxygen atoms in total. The number of carbonyl (C=O) groups is 1. The summed E-state index contributed by atoms with van der Waals surface area (Å²) in [7, 11) is 1.49. The fourth-order valence-corrected chi connectivity index (χ4v) is 2.36. The second kappa shape index (κ2) is 3.89. The van der Waals surface area contributed by atoms with Gasteiger partial charge in [-0.1, -0.05) is 0 Å². The van der Waals surface area contributed by atoms with Crippen LogP contribution in [0.5, 0.6) is 0 Å². The van der Waals surface area contributed by atoms with Gasteiger partial charge in [-0.3, -0.25) is 4.79 Å². The molecule has 1 saturated heterocycles. The van der Waals surface area contributed by atoms with Crippen molar-refractivity contribution in [2.75, 3.05) is 20.3 Å². The Morgan fingerprint density at radius 2 is 2.07 bits per heavy atom. The predicted octanol–water partition coefficient (Wildman–Crippen LogP) is 1.76. The van der Waals surface area contributed by atoms with E-state index in [1.54, 1.807) is 0 Å². The van der Waals surface area contributed by atoms with Crippen molar-refractivity contribution in [1.82, 2.24) is 0 Å². The lowest BCUT2D eigenvalue weighted by molar-refractivity contribution is -0.148. The van der Waals surface area contributed by atoms with E-state index in [9.17, 15) is 4.79 Å². The van der Waals surface area contributed by atoms with Crippen molar-refractivity contribution in [1.29, 1.82) is 0 Å². The maximum Gasteiger partial charge on any atom is 0.311 e. The van der Waals surface area contributed by atoms with Crippen LogP contribution in [0.25, 0.3) is 0 Å². The molecular formula is C11H18O3. The van der Waals surface area contributed by atoms with Gasteiger partial charge in [0, 0.05) is 13.2 Å². The average molecular weight is 198 g/mol. The van der Waals surface area contributed by atoms with Crippen LogP contribution in [0.1, 0.15) is 32.1 Å². The van der Waals surface area contributed by atoms with Gasteiger partial charge >= 0.3 is 5.97 Å². The van der Waals surface area contributed by atoms with E-state index < -0.39 is 0 Å². The lowest BCUT2D eigenvalue weighted by Crippen LogP contribution is -2.24. The molecule has 0 aromatic heterocycles. The van der Waals surface area contributed by atoms with Crippen LogP contribution in [0, 0.1) is 11.3 Å². The van der Waals surface area contributed by atoms with Crippen LogP contribution in [0.4, 0.5) is 0 Å². The molecular weight excluding hydrogens is 180 g/mol. The molecule has 2 fully saturated rings. The second-order valence-electron chi connectivity index (χ2n) is 4.53. The molecule has 0 aromatic rings. The van der Waals surface area contributed by atoms with Crippen molar-refractivity contribution >= 4 is 5.97 Å². The van der Waals surface area contributed by atoms with Gasteiger partial charge in [-0.15, -0.1) is 0 Å². The van der Waals surface area contributed by atoms with E-state index in [1.807, 2.05) is 0 Å². The van der Waals surface area contributed by atoms with E-state index in [4.69, 9.17) is 9.47 Å². The fraction of sp³-hybridized carbons (Fsp3) is 0.909. The van der Waals surface area contributed by atoms with Gasteiger partial charge < -0.3 is 9.47 Å².